The van der Waals surface area contributed by atoms with E-state index in [0.29, 0.717) is 11.8 Å². The highest BCUT2D eigenvalue weighted by Crippen LogP contribution is 2.60. The van der Waals surface area contributed by atoms with Crippen molar-refractivity contribution in [2.24, 2.45) is 0 Å². The fourth-order valence-electron chi connectivity index (χ4n) is 9.25. The molecular formula is C49H44. The van der Waals surface area contributed by atoms with Crippen LogP contribution in [0.25, 0.3) is 77.2 Å². The van der Waals surface area contributed by atoms with E-state index in [1.807, 2.05) is 0 Å². The van der Waals surface area contributed by atoms with Crippen LogP contribution in [0.1, 0.15) is 86.8 Å². The molecular weight excluding hydrogens is 589 g/mol. The van der Waals surface area contributed by atoms with Gasteiger partial charge in [0.05, 0.1) is 0 Å². The molecule has 0 saturated heterocycles. The second kappa shape index (κ2) is 10.5. The minimum atomic E-state index is -0.107. The van der Waals surface area contributed by atoms with Crippen molar-refractivity contribution in [3.05, 3.63) is 143 Å². The van der Waals surface area contributed by atoms with E-state index in [-0.39, 0.29) is 5.41 Å². The zero-order chi connectivity index (χ0) is 33.9. The Hall–Kier alpha value is -4.94. The van der Waals surface area contributed by atoms with E-state index in [1.54, 1.807) is 0 Å². The van der Waals surface area contributed by atoms with Crippen LogP contribution in [0, 0.1) is 13.8 Å². The fourth-order valence-corrected chi connectivity index (χ4v) is 9.25. The molecule has 0 unspecified atom stereocenters. The number of hydrogen-bond acceptors (Lipinski definition) is 0. The highest BCUT2D eigenvalue weighted by Gasteiger charge is 2.38. The quantitative estimate of drug-likeness (QED) is 0.181. The molecule has 7 aromatic rings. The van der Waals surface area contributed by atoms with Gasteiger partial charge in [-0.15, -0.1) is 0 Å². The average Bonchev–Trinajstić information content (AvgIpc) is 3.53. The summed E-state index contributed by atoms with van der Waals surface area (Å²) >= 11 is 0. The standard InChI is InChI=1S/C49H44/c1-27(2)31-20-21-35-39-25-40-41(26-43(39)49(7,8)42(35)24-31)46(34-17-12-10-15-30(34)6)48-38-23-22-32(28(3)4)36-18-13-19-37(44(36)38)47(48)45(40)33-16-11-9-14-29(33)5/h9-28H,1-8H3. The Morgan fingerprint density at radius 3 is 1.59 bits per heavy atom. The van der Waals surface area contributed by atoms with Crippen LogP contribution in [-0.2, 0) is 5.41 Å². The monoisotopic (exact) mass is 632 g/mol. The lowest BCUT2D eigenvalue weighted by Gasteiger charge is -2.26. The molecule has 0 radical (unpaired) electrons. The van der Waals surface area contributed by atoms with Gasteiger partial charge in [-0.1, -0.05) is 139 Å². The normalized spacial score (nSPS) is 13.8. The summed E-state index contributed by atoms with van der Waals surface area (Å²) < 4.78 is 0. The van der Waals surface area contributed by atoms with Crippen LogP contribution < -0.4 is 0 Å². The lowest BCUT2D eigenvalue weighted by molar-refractivity contribution is 0.658. The Kier molecular flexibility index (Phi) is 6.48. The van der Waals surface area contributed by atoms with Crippen molar-refractivity contribution in [2.45, 2.75) is 72.6 Å². The van der Waals surface area contributed by atoms with Gasteiger partial charge in [-0.25, -0.2) is 0 Å². The summed E-state index contributed by atoms with van der Waals surface area (Å²) in [6.07, 6.45) is 0. The van der Waals surface area contributed by atoms with E-state index in [2.05, 4.69) is 165 Å². The molecule has 2 aliphatic carbocycles. The van der Waals surface area contributed by atoms with Gasteiger partial charge in [0.15, 0.2) is 0 Å². The van der Waals surface area contributed by atoms with E-state index in [9.17, 15) is 0 Å². The zero-order valence-electron chi connectivity index (χ0n) is 30.0. The molecule has 2 aliphatic rings. The largest absolute Gasteiger partial charge is 0.0620 e. The minimum Gasteiger partial charge on any atom is -0.0620 e. The van der Waals surface area contributed by atoms with Crippen molar-refractivity contribution >= 4 is 21.5 Å². The molecule has 49 heavy (non-hydrogen) atoms. The maximum Gasteiger partial charge on any atom is 0.0159 e. The summed E-state index contributed by atoms with van der Waals surface area (Å²) in [4.78, 5) is 0. The lowest BCUT2D eigenvalue weighted by atomic mass is 9.77. The molecule has 0 bridgehead atoms. The van der Waals surface area contributed by atoms with Gasteiger partial charge in [-0.05, 0) is 148 Å². The molecule has 0 aliphatic heterocycles. The molecule has 0 aromatic heterocycles. The van der Waals surface area contributed by atoms with E-state index in [1.165, 1.54) is 111 Å². The second-order valence-corrected chi connectivity index (χ2v) is 15.7. The molecule has 0 spiro atoms. The van der Waals surface area contributed by atoms with Crippen LogP contribution >= 0.6 is 0 Å². The Bertz CT molecular complexity index is 2530. The van der Waals surface area contributed by atoms with E-state index in [4.69, 9.17) is 0 Å². The SMILES string of the molecule is Cc1ccccc1-c1c2c(c(-c3ccccc3C)c3cc4c(cc13)-c1ccc(C(C)C)cc1C4(C)C)-c1ccc(C(C)C)c3cccc-2c13. The van der Waals surface area contributed by atoms with Crippen molar-refractivity contribution in [1.82, 2.24) is 0 Å². The van der Waals surface area contributed by atoms with E-state index < -0.39 is 0 Å². The Labute approximate surface area is 291 Å². The molecule has 0 amide bonds. The molecule has 0 heteroatoms. The first-order chi connectivity index (χ1) is 23.6. The minimum absolute atomic E-state index is 0.107. The lowest BCUT2D eigenvalue weighted by Crippen LogP contribution is -2.15. The molecule has 240 valence electrons. The van der Waals surface area contributed by atoms with Gasteiger partial charge in [0.1, 0.15) is 0 Å². The first-order valence-electron chi connectivity index (χ1n) is 18.1. The number of benzene rings is 7. The Balaban J connectivity index is 1.52. The van der Waals surface area contributed by atoms with Gasteiger partial charge in [0.2, 0.25) is 0 Å². The van der Waals surface area contributed by atoms with Gasteiger partial charge >= 0.3 is 0 Å². The summed E-state index contributed by atoms with van der Waals surface area (Å²) in [7, 11) is 0. The summed E-state index contributed by atoms with van der Waals surface area (Å²) in [6, 6.07) is 42.3. The van der Waals surface area contributed by atoms with Crippen LogP contribution in [0.2, 0.25) is 0 Å². The van der Waals surface area contributed by atoms with Crippen molar-refractivity contribution in [3.63, 3.8) is 0 Å². The molecule has 0 saturated carbocycles. The number of rotatable bonds is 4. The summed E-state index contributed by atoms with van der Waals surface area (Å²) in [5, 5.41) is 5.48. The highest BCUT2D eigenvalue weighted by molar-refractivity contribution is 6.28. The summed E-state index contributed by atoms with van der Waals surface area (Å²) in [6.45, 7) is 18.7. The number of fused-ring (bicyclic) bond motifs is 7. The molecule has 0 N–H and O–H groups in total. The van der Waals surface area contributed by atoms with E-state index in [0.717, 1.165) is 0 Å². The van der Waals surface area contributed by atoms with Crippen molar-refractivity contribution < 1.29 is 0 Å². The van der Waals surface area contributed by atoms with Gasteiger partial charge < -0.3 is 0 Å². The van der Waals surface area contributed by atoms with Crippen molar-refractivity contribution in [2.75, 3.05) is 0 Å². The second-order valence-electron chi connectivity index (χ2n) is 15.7. The molecule has 7 aromatic carbocycles. The van der Waals surface area contributed by atoms with Crippen molar-refractivity contribution in [3.8, 4) is 55.6 Å². The molecule has 9 rings (SSSR count). The first kappa shape index (κ1) is 30.1. The predicted octanol–water partition coefficient (Wildman–Crippen LogP) is 14.1. The van der Waals surface area contributed by atoms with Crippen LogP contribution in [0.15, 0.2) is 109 Å². The molecule has 0 atom stereocenters. The van der Waals surface area contributed by atoms with Crippen molar-refractivity contribution in [1.29, 1.82) is 0 Å². The fraction of sp³-hybridized carbons (Fsp3) is 0.224. The van der Waals surface area contributed by atoms with Gasteiger partial charge in [-0.2, -0.15) is 0 Å². The van der Waals surface area contributed by atoms with Crippen LogP contribution in [0.4, 0.5) is 0 Å². The van der Waals surface area contributed by atoms with Gasteiger partial charge in [0.25, 0.3) is 0 Å². The Morgan fingerprint density at radius 2 is 0.980 bits per heavy atom. The summed E-state index contributed by atoms with van der Waals surface area (Å²) in [5.41, 5.74) is 21.9. The van der Waals surface area contributed by atoms with E-state index >= 15 is 0 Å². The predicted molar refractivity (Wildman–Crippen MR) is 212 cm³/mol. The van der Waals surface area contributed by atoms with Crippen LogP contribution in [0.5, 0.6) is 0 Å². The average molecular weight is 633 g/mol. The van der Waals surface area contributed by atoms with Gasteiger partial charge in [-0.3, -0.25) is 0 Å². The smallest absolute Gasteiger partial charge is 0.0159 e. The van der Waals surface area contributed by atoms with Crippen LogP contribution in [0.3, 0.4) is 0 Å². The van der Waals surface area contributed by atoms with Crippen LogP contribution in [-0.4, -0.2) is 0 Å². The molecule has 0 heterocycles. The third-order valence-corrected chi connectivity index (χ3v) is 11.9. The maximum absolute atomic E-state index is 2.59. The third kappa shape index (κ3) is 4.10. The highest BCUT2D eigenvalue weighted by atomic mass is 14.4. The maximum atomic E-state index is 2.59. The topological polar surface area (TPSA) is 0 Å². The number of hydrogen-bond donors (Lipinski definition) is 0. The molecule has 0 nitrogen and oxygen atoms in total. The Morgan fingerprint density at radius 1 is 0.429 bits per heavy atom. The number of aryl methyl sites for hydroxylation is 2. The molecule has 0 fully saturated rings. The summed E-state index contributed by atoms with van der Waals surface area (Å²) in [5.74, 6) is 0.936. The zero-order valence-corrected chi connectivity index (χ0v) is 30.0. The van der Waals surface area contributed by atoms with Gasteiger partial charge in [0, 0.05) is 5.41 Å². The first-order valence-corrected chi connectivity index (χ1v) is 18.1. The third-order valence-electron chi connectivity index (χ3n) is 11.9.